The summed E-state index contributed by atoms with van der Waals surface area (Å²) >= 11 is 0. The van der Waals surface area contributed by atoms with Gasteiger partial charge in [-0.05, 0) is 94.6 Å². The van der Waals surface area contributed by atoms with E-state index in [0.29, 0.717) is 16.8 Å². The van der Waals surface area contributed by atoms with Crippen molar-refractivity contribution in [2.45, 2.75) is 41.5 Å². The van der Waals surface area contributed by atoms with Crippen LogP contribution in [0.2, 0.25) is 0 Å². The van der Waals surface area contributed by atoms with Crippen molar-refractivity contribution in [2.24, 2.45) is 0 Å². The third-order valence-corrected chi connectivity index (χ3v) is 6.60. The van der Waals surface area contributed by atoms with E-state index in [9.17, 15) is 9.59 Å². The Morgan fingerprint density at radius 2 is 1.50 bits per heavy atom. The Bertz CT molecular complexity index is 1370. The molecular formula is C29H30N2O3. The van der Waals surface area contributed by atoms with Gasteiger partial charge in [-0.25, -0.2) is 4.79 Å². The van der Waals surface area contributed by atoms with Gasteiger partial charge in [0.05, 0.1) is 18.3 Å². The van der Waals surface area contributed by atoms with Gasteiger partial charge in [-0.2, -0.15) is 0 Å². The lowest BCUT2D eigenvalue weighted by Gasteiger charge is -2.19. The maximum atomic E-state index is 13.7. The van der Waals surface area contributed by atoms with E-state index < -0.39 is 5.97 Å². The number of hydrogen-bond donors (Lipinski definition) is 0. The lowest BCUT2D eigenvalue weighted by atomic mass is 10.0. The summed E-state index contributed by atoms with van der Waals surface area (Å²) in [6, 6.07) is 16.2. The SMILES string of the molecule is COC(=O)C1=C(C)N(c2ccc(C)c(C)c2)C(=O)C1=Cc1cc(C)n(-c2ccc(C)cc2)c1C. The van der Waals surface area contributed by atoms with E-state index in [1.165, 1.54) is 12.7 Å². The number of methoxy groups -OCH3 is 1. The first-order valence-corrected chi connectivity index (χ1v) is 11.3. The van der Waals surface area contributed by atoms with Gasteiger partial charge >= 0.3 is 5.97 Å². The van der Waals surface area contributed by atoms with Gasteiger partial charge in [-0.15, -0.1) is 0 Å². The Balaban J connectivity index is 1.85. The van der Waals surface area contributed by atoms with E-state index in [2.05, 4.69) is 35.8 Å². The van der Waals surface area contributed by atoms with Gasteiger partial charge in [0.1, 0.15) is 0 Å². The van der Waals surface area contributed by atoms with Gasteiger partial charge in [0.25, 0.3) is 5.91 Å². The largest absolute Gasteiger partial charge is 0.465 e. The molecule has 0 radical (unpaired) electrons. The van der Waals surface area contributed by atoms with Crippen molar-refractivity contribution >= 4 is 23.6 Å². The maximum absolute atomic E-state index is 13.7. The topological polar surface area (TPSA) is 51.5 Å². The van der Waals surface area contributed by atoms with Crippen LogP contribution in [0.25, 0.3) is 11.8 Å². The lowest BCUT2D eigenvalue weighted by Crippen LogP contribution is -2.24. The van der Waals surface area contributed by atoms with Crippen LogP contribution in [0.1, 0.15) is 40.6 Å². The highest BCUT2D eigenvalue weighted by Crippen LogP contribution is 2.37. The number of anilines is 1. The molecule has 2 aromatic carbocycles. The lowest BCUT2D eigenvalue weighted by molar-refractivity contribution is -0.136. The number of nitrogens with zero attached hydrogens (tertiary/aromatic N) is 2. The Hall–Kier alpha value is -3.86. The van der Waals surface area contributed by atoms with Crippen molar-refractivity contribution < 1.29 is 14.3 Å². The minimum absolute atomic E-state index is 0.235. The minimum Gasteiger partial charge on any atom is -0.465 e. The van der Waals surface area contributed by atoms with Crippen molar-refractivity contribution in [3.63, 3.8) is 0 Å². The van der Waals surface area contributed by atoms with Gasteiger partial charge in [0, 0.05) is 28.5 Å². The van der Waals surface area contributed by atoms with Crippen molar-refractivity contribution in [3.05, 3.63) is 99.0 Å². The van der Waals surface area contributed by atoms with E-state index in [1.807, 2.05) is 58.0 Å². The molecule has 1 amide bonds. The summed E-state index contributed by atoms with van der Waals surface area (Å²) in [7, 11) is 1.34. The molecule has 1 aliphatic heterocycles. The summed E-state index contributed by atoms with van der Waals surface area (Å²) in [6.07, 6.45) is 1.81. The zero-order valence-electron chi connectivity index (χ0n) is 20.8. The second-order valence-electron chi connectivity index (χ2n) is 8.92. The molecule has 174 valence electrons. The predicted molar refractivity (Wildman–Crippen MR) is 136 cm³/mol. The zero-order chi connectivity index (χ0) is 24.7. The summed E-state index contributed by atoms with van der Waals surface area (Å²) in [5.41, 5.74) is 9.34. The summed E-state index contributed by atoms with van der Waals surface area (Å²) in [4.78, 5) is 28.0. The molecule has 5 nitrogen and oxygen atoms in total. The van der Waals surface area contributed by atoms with E-state index in [1.54, 1.807) is 11.8 Å². The molecule has 5 heteroatoms. The van der Waals surface area contributed by atoms with Gasteiger partial charge in [-0.1, -0.05) is 23.8 Å². The number of carbonyl (C=O) groups is 2. The molecule has 4 rings (SSSR count). The number of aryl methyl sites for hydroxylation is 4. The molecule has 0 atom stereocenters. The van der Waals surface area contributed by atoms with Crippen LogP contribution in [0.5, 0.6) is 0 Å². The molecule has 0 saturated heterocycles. The van der Waals surface area contributed by atoms with Crippen LogP contribution in [0, 0.1) is 34.6 Å². The number of esters is 1. The fourth-order valence-electron chi connectivity index (χ4n) is 4.54. The first-order chi connectivity index (χ1) is 16.1. The number of amides is 1. The smallest absolute Gasteiger partial charge is 0.340 e. The molecule has 2 heterocycles. The van der Waals surface area contributed by atoms with Crippen molar-refractivity contribution in [1.82, 2.24) is 4.57 Å². The Kier molecular flexibility index (Phi) is 6.05. The number of ether oxygens (including phenoxy) is 1. The van der Waals surface area contributed by atoms with Crippen LogP contribution < -0.4 is 4.90 Å². The molecule has 0 aliphatic carbocycles. The molecule has 0 unspecified atom stereocenters. The van der Waals surface area contributed by atoms with Crippen molar-refractivity contribution in [2.75, 3.05) is 12.0 Å². The first-order valence-electron chi connectivity index (χ1n) is 11.3. The summed E-state index contributed by atoms with van der Waals surface area (Å²) < 4.78 is 7.22. The monoisotopic (exact) mass is 454 g/mol. The van der Waals surface area contributed by atoms with E-state index >= 15 is 0 Å². The second kappa shape index (κ2) is 8.82. The Morgan fingerprint density at radius 3 is 2.12 bits per heavy atom. The maximum Gasteiger partial charge on any atom is 0.340 e. The van der Waals surface area contributed by atoms with Gasteiger partial charge in [0.2, 0.25) is 0 Å². The van der Waals surface area contributed by atoms with Crippen LogP contribution in [0.3, 0.4) is 0 Å². The van der Waals surface area contributed by atoms with Crippen LogP contribution in [0.15, 0.2) is 65.4 Å². The fraction of sp³-hybridized carbons (Fsp3) is 0.241. The highest BCUT2D eigenvalue weighted by molar-refractivity contribution is 6.23. The van der Waals surface area contributed by atoms with E-state index in [0.717, 1.165) is 39.5 Å². The molecule has 1 aliphatic rings. The molecule has 0 N–H and O–H groups in total. The minimum atomic E-state index is -0.518. The van der Waals surface area contributed by atoms with Crippen LogP contribution in [-0.2, 0) is 14.3 Å². The number of hydrogen-bond acceptors (Lipinski definition) is 3. The number of allylic oxidation sites excluding steroid dienone is 1. The van der Waals surface area contributed by atoms with Crippen molar-refractivity contribution in [3.8, 4) is 5.69 Å². The molecule has 1 aromatic heterocycles. The first kappa shape index (κ1) is 23.3. The zero-order valence-corrected chi connectivity index (χ0v) is 20.8. The van der Waals surface area contributed by atoms with Crippen LogP contribution >= 0.6 is 0 Å². The van der Waals surface area contributed by atoms with Crippen LogP contribution in [-0.4, -0.2) is 23.6 Å². The number of benzene rings is 2. The fourth-order valence-corrected chi connectivity index (χ4v) is 4.54. The molecule has 0 spiro atoms. The van der Waals surface area contributed by atoms with Crippen molar-refractivity contribution in [1.29, 1.82) is 0 Å². The molecule has 0 bridgehead atoms. The molecule has 34 heavy (non-hydrogen) atoms. The summed E-state index contributed by atoms with van der Waals surface area (Å²) in [5, 5.41) is 0. The highest BCUT2D eigenvalue weighted by atomic mass is 16.5. The van der Waals surface area contributed by atoms with Gasteiger partial charge in [0.15, 0.2) is 0 Å². The second-order valence-corrected chi connectivity index (χ2v) is 8.92. The summed E-state index contributed by atoms with van der Waals surface area (Å²) in [5.74, 6) is -0.753. The molecule has 3 aromatic rings. The van der Waals surface area contributed by atoms with Gasteiger partial charge < -0.3 is 9.30 Å². The number of aromatic nitrogens is 1. The number of rotatable bonds is 4. The molecular weight excluding hydrogens is 424 g/mol. The summed E-state index contributed by atoms with van der Waals surface area (Å²) in [6.45, 7) is 11.9. The van der Waals surface area contributed by atoms with E-state index in [-0.39, 0.29) is 5.91 Å². The standard InChI is InChI=1S/C29H30N2O3/c1-17-8-11-24(12-9-17)30-20(4)15-23(21(30)5)16-26-27(29(33)34-7)22(6)31(28(26)32)25-13-10-18(2)19(3)14-25/h8-16H,1-7H3. The third-order valence-electron chi connectivity index (χ3n) is 6.60. The Morgan fingerprint density at radius 1 is 0.853 bits per heavy atom. The average Bonchev–Trinajstić information content (AvgIpc) is 3.22. The molecule has 0 fully saturated rings. The quantitative estimate of drug-likeness (QED) is 0.364. The van der Waals surface area contributed by atoms with E-state index in [4.69, 9.17) is 4.74 Å². The predicted octanol–water partition coefficient (Wildman–Crippen LogP) is 5.90. The van der Waals surface area contributed by atoms with Gasteiger partial charge in [-0.3, -0.25) is 9.69 Å². The third kappa shape index (κ3) is 3.87. The highest BCUT2D eigenvalue weighted by Gasteiger charge is 2.38. The van der Waals surface area contributed by atoms with Crippen LogP contribution in [0.4, 0.5) is 5.69 Å². The average molecular weight is 455 g/mol. The number of carbonyl (C=O) groups excluding carboxylic acids is 2. The molecule has 0 saturated carbocycles. The normalized spacial score (nSPS) is 15.0. The Labute approximate surface area is 201 Å².